The number of aromatic hydroxyl groups is 1. The van der Waals surface area contributed by atoms with Crippen LogP contribution in [0, 0.1) is 0 Å². The van der Waals surface area contributed by atoms with Gasteiger partial charge in [0, 0.05) is 17.6 Å². The minimum Gasteiger partial charge on any atom is -0.508 e. The molecule has 5 nitrogen and oxygen atoms in total. The molecular formula is C13H19ClN2O3. The van der Waals surface area contributed by atoms with Crippen molar-refractivity contribution < 1.29 is 14.6 Å². The van der Waals surface area contributed by atoms with Gasteiger partial charge in [-0.2, -0.15) is 0 Å². The lowest BCUT2D eigenvalue weighted by molar-refractivity contribution is 0.0524. The van der Waals surface area contributed by atoms with Gasteiger partial charge in [-0.05, 0) is 38.5 Å². The van der Waals surface area contributed by atoms with E-state index in [1.807, 2.05) is 0 Å². The first-order valence-corrected chi connectivity index (χ1v) is 6.27. The number of phenolic OH excluding ortho intramolecular Hbond substituents is 1. The lowest BCUT2D eigenvalue weighted by atomic mass is 10.1. The average Bonchev–Trinajstić information content (AvgIpc) is 2.23. The summed E-state index contributed by atoms with van der Waals surface area (Å²) in [7, 11) is 0. The van der Waals surface area contributed by atoms with Crippen LogP contribution in [0.3, 0.4) is 0 Å². The van der Waals surface area contributed by atoms with Crippen LogP contribution in [0.25, 0.3) is 0 Å². The van der Waals surface area contributed by atoms with Gasteiger partial charge in [-0.3, -0.25) is 0 Å². The molecule has 19 heavy (non-hydrogen) atoms. The highest BCUT2D eigenvalue weighted by molar-refractivity contribution is 6.31. The highest BCUT2D eigenvalue weighted by atomic mass is 35.5. The zero-order chi connectivity index (χ0) is 14.6. The Kier molecular flexibility index (Phi) is 5.03. The zero-order valence-corrected chi connectivity index (χ0v) is 12.0. The quantitative estimate of drug-likeness (QED) is 0.797. The maximum atomic E-state index is 11.5. The van der Waals surface area contributed by atoms with Crippen LogP contribution in [0.4, 0.5) is 4.79 Å². The molecule has 0 heterocycles. The van der Waals surface area contributed by atoms with Crippen LogP contribution >= 0.6 is 11.6 Å². The number of rotatable bonds is 3. The molecule has 0 fully saturated rings. The van der Waals surface area contributed by atoms with Gasteiger partial charge in [0.1, 0.15) is 11.4 Å². The third kappa shape index (κ3) is 5.36. The van der Waals surface area contributed by atoms with Gasteiger partial charge in [0.05, 0.1) is 0 Å². The standard InChI is InChI=1S/C13H19ClN2O3/c1-13(2,3)19-12(18)16-7-11(15)9-5-4-8(17)6-10(9)14/h4-6,11,17H,7,15H2,1-3H3,(H,16,18). The summed E-state index contributed by atoms with van der Waals surface area (Å²) in [5.41, 5.74) is 6.02. The van der Waals surface area contributed by atoms with E-state index in [9.17, 15) is 9.90 Å². The maximum absolute atomic E-state index is 11.5. The van der Waals surface area contributed by atoms with E-state index in [0.717, 1.165) is 0 Å². The van der Waals surface area contributed by atoms with Crippen molar-refractivity contribution in [3.8, 4) is 5.75 Å². The number of ether oxygens (including phenoxy) is 1. The Morgan fingerprint density at radius 2 is 2.16 bits per heavy atom. The van der Waals surface area contributed by atoms with E-state index in [1.165, 1.54) is 12.1 Å². The van der Waals surface area contributed by atoms with Crippen LogP contribution in [0.15, 0.2) is 18.2 Å². The van der Waals surface area contributed by atoms with E-state index in [2.05, 4.69) is 5.32 Å². The van der Waals surface area contributed by atoms with Gasteiger partial charge in [0.25, 0.3) is 0 Å². The predicted molar refractivity (Wildman–Crippen MR) is 74.3 cm³/mol. The Labute approximate surface area is 117 Å². The van der Waals surface area contributed by atoms with Crippen LogP contribution in [0.5, 0.6) is 5.75 Å². The van der Waals surface area contributed by atoms with Crippen molar-refractivity contribution in [1.29, 1.82) is 0 Å². The first kappa shape index (κ1) is 15.6. The van der Waals surface area contributed by atoms with E-state index in [-0.39, 0.29) is 12.3 Å². The first-order chi connectivity index (χ1) is 8.69. The molecule has 0 spiro atoms. The van der Waals surface area contributed by atoms with Crippen molar-refractivity contribution in [1.82, 2.24) is 5.32 Å². The fraction of sp³-hybridized carbons (Fsp3) is 0.462. The number of alkyl carbamates (subject to hydrolysis) is 1. The molecule has 106 valence electrons. The summed E-state index contributed by atoms with van der Waals surface area (Å²) in [6, 6.07) is 4.05. The van der Waals surface area contributed by atoms with E-state index >= 15 is 0 Å². The van der Waals surface area contributed by atoms with Crippen LogP contribution in [0.1, 0.15) is 32.4 Å². The molecule has 0 aliphatic heterocycles. The Hall–Kier alpha value is -1.46. The van der Waals surface area contributed by atoms with Gasteiger partial charge in [0.2, 0.25) is 0 Å². The van der Waals surface area contributed by atoms with Gasteiger partial charge in [0.15, 0.2) is 0 Å². The number of amides is 1. The molecule has 1 amide bonds. The van der Waals surface area contributed by atoms with E-state index in [0.29, 0.717) is 10.6 Å². The second-order valence-corrected chi connectivity index (χ2v) is 5.60. The van der Waals surface area contributed by atoms with E-state index < -0.39 is 17.7 Å². The Morgan fingerprint density at radius 3 is 2.68 bits per heavy atom. The summed E-state index contributed by atoms with van der Waals surface area (Å²) in [5, 5.41) is 12.2. The molecule has 0 aromatic heterocycles. The minimum atomic E-state index is -0.551. The molecule has 1 unspecified atom stereocenters. The molecule has 1 aromatic rings. The van der Waals surface area contributed by atoms with Crippen molar-refractivity contribution in [2.24, 2.45) is 5.73 Å². The highest BCUT2D eigenvalue weighted by Crippen LogP contribution is 2.25. The smallest absolute Gasteiger partial charge is 0.407 e. The summed E-state index contributed by atoms with van der Waals surface area (Å²) < 4.78 is 5.09. The molecule has 0 aliphatic carbocycles. The molecule has 1 rings (SSSR count). The lowest BCUT2D eigenvalue weighted by Crippen LogP contribution is -2.36. The summed E-state index contributed by atoms with van der Waals surface area (Å²) >= 11 is 5.96. The average molecular weight is 287 g/mol. The molecule has 1 atom stereocenters. The monoisotopic (exact) mass is 286 g/mol. The molecule has 0 saturated carbocycles. The van der Waals surface area contributed by atoms with E-state index in [4.69, 9.17) is 22.1 Å². The topological polar surface area (TPSA) is 84.6 Å². The van der Waals surface area contributed by atoms with Crippen molar-refractivity contribution in [2.75, 3.05) is 6.54 Å². The molecule has 4 N–H and O–H groups in total. The van der Waals surface area contributed by atoms with Crippen molar-refractivity contribution in [3.05, 3.63) is 28.8 Å². The second-order valence-electron chi connectivity index (χ2n) is 5.20. The van der Waals surface area contributed by atoms with Crippen LogP contribution < -0.4 is 11.1 Å². The minimum absolute atomic E-state index is 0.0704. The number of carbonyl (C=O) groups excluding carboxylic acids is 1. The molecule has 0 radical (unpaired) electrons. The number of carbonyl (C=O) groups is 1. The number of halogens is 1. The number of phenols is 1. The van der Waals surface area contributed by atoms with Gasteiger partial charge in [-0.1, -0.05) is 17.7 Å². The number of nitrogens with two attached hydrogens (primary N) is 1. The zero-order valence-electron chi connectivity index (χ0n) is 11.2. The summed E-state index contributed by atoms with van der Waals surface area (Å²) in [5.74, 6) is 0.0704. The van der Waals surface area contributed by atoms with Crippen LogP contribution in [-0.4, -0.2) is 23.3 Å². The highest BCUT2D eigenvalue weighted by Gasteiger charge is 2.17. The molecule has 0 aliphatic rings. The fourth-order valence-corrected chi connectivity index (χ4v) is 1.75. The fourth-order valence-electron chi connectivity index (χ4n) is 1.43. The number of hydrogen-bond donors (Lipinski definition) is 3. The Balaban J connectivity index is 2.56. The van der Waals surface area contributed by atoms with Gasteiger partial charge in [-0.15, -0.1) is 0 Å². The molecule has 1 aromatic carbocycles. The second kappa shape index (κ2) is 6.12. The van der Waals surface area contributed by atoms with Crippen molar-refractivity contribution in [2.45, 2.75) is 32.4 Å². The van der Waals surface area contributed by atoms with Gasteiger partial charge in [-0.25, -0.2) is 4.79 Å². The summed E-state index contributed by atoms with van der Waals surface area (Å²) in [4.78, 5) is 11.5. The third-order valence-electron chi connectivity index (χ3n) is 2.25. The first-order valence-electron chi connectivity index (χ1n) is 5.90. The third-order valence-corrected chi connectivity index (χ3v) is 2.58. The predicted octanol–water partition coefficient (Wildman–Crippen LogP) is 2.57. The lowest BCUT2D eigenvalue weighted by Gasteiger charge is -2.21. The van der Waals surface area contributed by atoms with Crippen LogP contribution in [0.2, 0.25) is 5.02 Å². The summed E-state index contributed by atoms with van der Waals surface area (Å²) in [6.07, 6.45) is -0.530. The van der Waals surface area contributed by atoms with Crippen molar-refractivity contribution >= 4 is 17.7 Å². The summed E-state index contributed by atoms with van der Waals surface area (Å²) in [6.45, 7) is 5.54. The SMILES string of the molecule is CC(C)(C)OC(=O)NCC(N)c1ccc(O)cc1Cl. The van der Waals surface area contributed by atoms with Crippen LogP contribution in [-0.2, 0) is 4.74 Å². The molecule has 0 bridgehead atoms. The maximum Gasteiger partial charge on any atom is 0.407 e. The van der Waals surface area contributed by atoms with Crippen molar-refractivity contribution in [3.63, 3.8) is 0 Å². The molecule has 6 heteroatoms. The number of benzene rings is 1. The normalized spacial score (nSPS) is 12.9. The molecular weight excluding hydrogens is 268 g/mol. The Bertz CT molecular complexity index is 458. The number of hydrogen-bond acceptors (Lipinski definition) is 4. The molecule has 0 saturated heterocycles. The number of nitrogens with one attached hydrogen (secondary N) is 1. The van der Waals surface area contributed by atoms with E-state index in [1.54, 1.807) is 26.8 Å². The van der Waals surface area contributed by atoms with Gasteiger partial charge < -0.3 is 20.9 Å². The largest absolute Gasteiger partial charge is 0.508 e. The Morgan fingerprint density at radius 1 is 1.53 bits per heavy atom. The van der Waals surface area contributed by atoms with Gasteiger partial charge >= 0.3 is 6.09 Å².